The summed E-state index contributed by atoms with van der Waals surface area (Å²) >= 11 is 18.4. The summed E-state index contributed by atoms with van der Waals surface area (Å²) in [6, 6.07) is 23.2. The molecular weight excluding hydrogens is 515 g/mol. The first-order valence-corrected chi connectivity index (χ1v) is 12.9. The molecule has 1 aliphatic heterocycles. The first-order chi connectivity index (χ1) is 16.3. The molecule has 0 saturated heterocycles. The molecule has 0 fully saturated rings. The first-order valence-electron chi connectivity index (χ1n) is 10.3. The molecule has 9 heteroatoms. The van der Waals surface area contributed by atoms with E-state index in [2.05, 4.69) is 0 Å². The predicted molar refractivity (Wildman–Crippen MR) is 136 cm³/mol. The van der Waals surface area contributed by atoms with Gasteiger partial charge in [-0.25, -0.2) is 12.7 Å². The van der Waals surface area contributed by atoms with E-state index >= 15 is 0 Å². The predicted octanol–water partition coefficient (Wildman–Crippen LogP) is 6.35. The number of aromatic nitrogens is 1. The maximum absolute atomic E-state index is 14.0. The summed E-state index contributed by atoms with van der Waals surface area (Å²) in [6.07, 6.45) is 0. The van der Waals surface area contributed by atoms with Crippen LogP contribution in [0.5, 0.6) is 0 Å². The van der Waals surface area contributed by atoms with Gasteiger partial charge in [0.2, 0.25) is 0 Å². The van der Waals surface area contributed by atoms with Crippen molar-refractivity contribution < 1.29 is 8.42 Å². The van der Waals surface area contributed by atoms with Gasteiger partial charge >= 0.3 is 0 Å². The molecule has 34 heavy (non-hydrogen) atoms. The molecule has 0 N–H and O–H groups in total. The van der Waals surface area contributed by atoms with E-state index in [9.17, 15) is 13.2 Å². The second-order valence-electron chi connectivity index (χ2n) is 7.84. The van der Waals surface area contributed by atoms with E-state index in [4.69, 9.17) is 34.8 Å². The van der Waals surface area contributed by atoms with Gasteiger partial charge in [0.05, 0.1) is 17.0 Å². The fraction of sp³-hybridized carbons (Fsp3) is 0.0800. The molecule has 0 amide bonds. The van der Waals surface area contributed by atoms with Crippen molar-refractivity contribution in [1.82, 2.24) is 4.57 Å². The number of rotatable bonds is 4. The molecule has 5 rings (SSSR count). The number of halogens is 3. The summed E-state index contributed by atoms with van der Waals surface area (Å²) in [4.78, 5) is 13.2. The molecule has 1 aliphatic rings. The minimum Gasteiger partial charge on any atom is -0.284 e. The Morgan fingerprint density at radius 1 is 0.647 bits per heavy atom. The van der Waals surface area contributed by atoms with Gasteiger partial charge in [0.15, 0.2) is 0 Å². The van der Waals surface area contributed by atoms with Crippen LogP contribution in [0.25, 0.3) is 0 Å². The number of sulfonamides is 1. The number of hydrogen-bond acceptors (Lipinski definition) is 3. The van der Waals surface area contributed by atoms with Crippen LogP contribution in [0.2, 0.25) is 15.1 Å². The molecular formula is C25H17Cl3N2O3S. The first kappa shape index (κ1) is 23.0. The van der Waals surface area contributed by atoms with E-state index in [1.165, 1.54) is 27.1 Å². The van der Waals surface area contributed by atoms with Crippen LogP contribution < -0.4 is 9.86 Å². The van der Waals surface area contributed by atoms with Crippen molar-refractivity contribution in [2.24, 2.45) is 0 Å². The molecule has 0 spiro atoms. The summed E-state index contributed by atoms with van der Waals surface area (Å²) in [5, 5.41) is 1.35. The third-order valence-corrected chi connectivity index (χ3v) is 8.32. The fourth-order valence-corrected chi connectivity index (χ4v) is 6.54. The number of fused-ring (bicyclic) bond motifs is 1. The van der Waals surface area contributed by atoms with Gasteiger partial charge in [0.1, 0.15) is 5.82 Å². The van der Waals surface area contributed by atoms with Crippen LogP contribution in [0.1, 0.15) is 23.2 Å². The smallest absolute Gasteiger partial charge is 0.266 e. The van der Waals surface area contributed by atoms with E-state index in [0.29, 0.717) is 20.6 Å². The Kier molecular flexibility index (Phi) is 5.94. The Morgan fingerprint density at radius 3 is 1.79 bits per heavy atom. The number of nitrogens with zero attached hydrogens (tertiary/aromatic N) is 2. The van der Waals surface area contributed by atoms with Crippen molar-refractivity contribution >= 4 is 50.6 Å². The number of anilines is 1. The normalized spacial score (nSPS) is 17.6. The lowest BCUT2D eigenvalue weighted by molar-refractivity contribution is 0.529. The Balaban J connectivity index is 1.82. The lowest BCUT2D eigenvalue weighted by Gasteiger charge is -2.29. The van der Waals surface area contributed by atoms with Crippen molar-refractivity contribution in [3.63, 3.8) is 0 Å². The maximum atomic E-state index is 14.0. The largest absolute Gasteiger partial charge is 0.284 e. The van der Waals surface area contributed by atoms with Gasteiger partial charge in [0.25, 0.3) is 15.6 Å². The zero-order valence-electron chi connectivity index (χ0n) is 17.5. The third-order valence-electron chi connectivity index (χ3n) is 5.80. The Labute approximate surface area is 211 Å². The molecule has 0 aliphatic carbocycles. The monoisotopic (exact) mass is 530 g/mol. The van der Waals surface area contributed by atoms with Gasteiger partial charge in [-0.15, -0.1) is 0 Å². The topological polar surface area (TPSA) is 59.4 Å². The number of hydrogen-bond donors (Lipinski definition) is 0. The van der Waals surface area contributed by atoms with Crippen LogP contribution >= 0.6 is 34.8 Å². The van der Waals surface area contributed by atoms with Gasteiger partial charge < -0.3 is 0 Å². The molecule has 5 nitrogen and oxygen atoms in total. The summed E-state index contributed by atoms with van der Waals surface area (Å²) in [5.74, 6) is 0.257. The summed E-state index contributed by atoms with van der Waals surface area (Å²) in [6.45, 7) is 0. The van der Waals surface area contributed by atoms with Crippen LogP contribution in [0, 0.1) is 0 Å². The van der Waals surface area contributed by atoms with Crippen molar-refractivity contribution in [3.05, 3.63) is 128 Å². The molecule has 172 valence electrons. The van der Waals surface area contributed by atoms with Gasteiger partial charge in [-0.3, -0.25) is 9.36 Å². The standard InChI is InChI=1S/C25H17Cl3N2O3S/c26-18-11-7-16(8-12-18)24-25(17-9-13-19(27)14-10-17)30(22-5-2-6-23(31)29(22)24)34(32,33)21-4-1-3-20(28)15-21/h1-15,24-25H/t24-,25+/m0/s1. The van der Waals surface area contributed by atoms with Crippen molar-refractivity contribution in [3.8, 4) is 0 Å². The van der Waals surface area contributed by atoms with Crippen LogP contribution in [0.15, 0.2) is 101 Å². The van der Waals surface area contributed by atoms with E-state index in [1.807, 2.05) is 0 Å². The lowest BCUT2D eigenvalue weighted by atomic mass is 9.94. The van der Waals surface area contributed by atoms with E-state index in [-0.39, 0.29) is 16.3 Å². The summed E-state index contributed by atoms with van der Waals surface area (Å²) in [5.41, 5.74) is 1.10. The number of pyridine rings is 1. The average molecular weight is 532 g/mol. The molecule has 0 radical (unpaired) electrons. The fourth-order valence-electron chi connectivity index (χ4n) is 4.34. The van der Waals surface area contributed by atoms with Gasteiger partial charge in [-0.1, -0.05) is 71.2 Å². The van der Waals surface area contributed by atoms with Crippen molar-refractivity contribution in [1.29, 1.82) is 0 Å². The molecule has 4 aromatic rings. The highest BCUT2D eigenvalue weighted by molar-refractivity contribution is 7.92. The lowest BCUT2D eigenvalue weighted by Crippen LogP contribution is -2.33. The zero-order chi connectivity index (χ0) is 24.0. The van der Waals surface area contributed by atoms with Gasteiger partial charge in [0, 0.05) is 21.1 Å². The van der Waals surface area contributed by atoms with Crippen LogP contribution in [0.3, 0.4) is 0 Å². The van der Waals surface area contributed by atoms with E-state index in [1.54, 1.807) is 72.8 Å². The molecule has 3 aromatic carbocycles. The van der Waals surface area contributed by atoms with Crippen molar-refractivity contribution in [2.45, 2.75) is 17.0 Å². The minimum absolute atomic E-state index is 0.0265. The minimum atomic E-state index is -4.12. The Hall–Kier alpha value is -2.77. The van der Waals surface area contributed by atoms with E-state index < -0.39 is 22.1 Å². The van der Waals surface area contributed by atoms with Crippen LogP contribution in [-0.4, -0.2) is 13.0 Å². The quantitative estimate of drug-likeness (QED) is 0.308. The summed E-state index contributed by atoms with van der Waals surface area (Å²) in [7, 11) is -4.12. The highest BCUT2D eigenvalue weighted by Crippen LogP contribution is 2.49. The van der Waals surface area contributed by atoms with Gasteiger partial charge in [-0.05, 0) is 59.7 Å². The van der Waals surface area contributed by atoms with Crippen molar-refractivity contribution in [2.75, 3.05) is 4.31 Å². The summed E-state index contributed by atoms with van der Waals surface area (Å²) < 4.78 is 30.9. The molecule has 2 atom stereocenters. The van der Waals surface area contributed by atoms with Crippen LogP contribution in [0.4, 0.5) is 5.82 Å². The molecule has 1 aromatic heterocycles. The second-order valence-corrected chi connectivity index (χ2v) is 11.0. The highest BCUT2D eigenvalue weighted by atomic mass is 35.5. The second kappa shape index (κ2) is 8.78. The van der Waals surface area contributed by atoms with Crippen LogP contribution in [-0.2, 0) is 10.0 Å². The molecule has 0 saturated carbocycles. The molecule has 2 heterocycles. The van der Waals surface area contributed by atoms with Gasteiger partial charge in [-0.2, -0.15) is 0 Å². The molecule has 0 bridgehead atoms. The van der Waals surface area contributed by atoms with E-state index in [0.717, 1.165) is 5.56 Å². The molecule has 0 unspecified atom stereocenters. The average Bonchev–Trinajstić information content (AvgIpc) is 3.17. The highest BCUT2D eigenvalue weighted by Gasteiger charge is 2.47. The zero-order valence-corrected chi connectivity index (χ0v) is 20.6. The Morgan fingerprint density at radius 2 is 1.21 bits per heavy atom. The Bertz CT molecular complexity index is 1540. The third kappa shape index (κ3) is 3.91. The number of benzene rings is 3. The maximum Gasteiger partial charge on any atom is 0.266 e. The SMILES string of the molecule is O=c1cccc2n1[C@@H](c1ccc(Cl)cc1)[C@@H](c1ccc(Cl)cc1)N2S(=O)(=O)c1cccc(Cl)c1.